The second kappa shape index (κ2) is 5.51. The van der Waals surface area contributed by atoms with Gasteiger partial charge in [0.15, 0.2) is 0 Å². The third kappa shape index (κ3) is 2.93. The van der Waals surface area contributed by atoms with E-state index in [-0.39, 0.29) is 5.41 Å². The highest BCUT2D eigenvalue weighted by molar-refractivity contribution is 5.36. The second-order valence-corrected chi connectivity index (χ2v) is 6.15. The molecule has 19 heavy (non-hydrogen) atoms. The average Bonchev–Trinajstić information content (AvgIpc) is 2.44. The summed E-state index contributed by atoms with van der Waals surface area (Å²) in [5, 5.41) is 3.42. The average molecular weight is 261 g/mol. The van der Waals surface area contributed by atoms with E-state index in [2.05, 4.69) is 36.5 Å². The summed E-state index contributed by atoms with van der Waals surface area (Å²) in [6, 6.07) is 8.53. The minimum absolute atomic E-state index is 0.210. The lowest BCUT2D eigenvalue weighted by Crippen LogP contribution is -2.44. The lowest BCUT2D eigenvalue weighted by Gasteiger charge is -2.38. The molecule has 0 aromatic heterocycles. The zero-order chi connectivity index (χ0) is 13.1. The zero-order valence-corrected chi connectivity index (χ0v) is 11.7. The molecule has 0 atom stereocenters. The molecule has 0 amide bonds. The number of hydrogen-bond donors (Lipinski definition) is 1. The van der Waals surface area contributed by atoms with Crippen molar-refractivity contribution in [2.24, 2.45) is 5.41 Å². The van der Waals surface area contributed by atoms with Gasteiger partial charge in [-0.2, -0.15) is 0 Å². The molecule has 2 saturated heterocycles. The lowest BCUT2D eigenvalue weighted by molar-refractivity contribution is -0.120. The highest BCUT2D eigenvalue weighted by Gasteiger charge is 2.34. The fourth-order valence-corrected chi connectivity index (χ4v) is 2.87. The van der Waals surface area contributed by atoms with Crippen LogP contribution in [0, 0.1) is 5.41 Å². The van der Waals surface area contributed by atoms with Gasteiger partial charge < -0.3 is 14.8 Å². The van der Waals surface area contributed by atoms with Gasteiger partial charge >= 0.3 is 0 Å². The maximum Gasteiger partial charge on any atom is 0.122 e. The summed E-state index contributed by atoms with van der Waals surface area (Å²) in [6.45, 7) is 6.86. The van der Waals surface area contributed by atoms with Crippen molar-refractivity contribution in [3.05, 3.63) is 29.8 Å². The summed E-state index contributed by atoms with van der Waals surface area (Å²) in [6.07, 6.45) is 2.42. The standard InChI is InChI=1S/C16H23NO2/c1-16(10-18-11-16)12-19-15-5-3-2-4-14(15)13-6-8-17-9-7-13/h2-5,13,17H,6-12H2,1H3. The van der Waals surface area contributed by atoms with E-state index in [4.69, 9.17) is 9.47 Å². The summed E-state index contributed by atoms with van der Waals surface area (Å²) in [5.74, 6) is 1.71. The van der Waals surface area contributed by atoms with Crippen LogP contribution in [0.5, 0.6) is 5.75 Å². The van der Waals surface area contributed by atoms with Gasteiger partial charge in [-0.05, 0) is 43.5 Å². The molecule has 1 N–H and O–H groups in total. The number of hydrogen-bond acceptors (Lipinski definition) is 3. The smallest absolute Gasteiger partial charge is 0.122 e. The predicted octanol–water partition coefficient (Wildman–Crippen LogP) is 2.57. The van der Waals surface area contributed by atoms with Gasteiger partial charge in [0.1, 0.15) is 5.75 Å². The summed E-state index contributed by atoms with van der Waals surface area (Å²) < 4.78 is 11.4. The predicted molar refractivity (Wildman–Crippen MR) is 75.7 cm³/mol. The molecular formula is C16H23NO2. The third-order valence-corrected chi connectivity index (χ3v) is 4.18. The minimum atomic E-state index is 0.210. The van der Waals surface area contributed by atoms with Crippen LogP contribution in [-0.2, 0) is 4.74 Å². The highest BCUT2D eigenvalue weighted by Crippen LogP contribution is 2.34. The molecule has 0 bridgehead atoms. The van der Waals surface area contributed by atoms with Crippen LogP contribution in [-0.4, -0.2) is 32.9 Å². The molecule has 0 spiro atoms. The Kier molecular flexibility index (Phi) is 3.76. The zero-order valence-electron chi connectivity index (χ0n) is 11.7. The Morgan fingerprint density at radius 2 is 2.00 bits per heavy atom. The Labute approximate surface area is 115 Å². The fraction of sp³-hybridized carbons (Fsp3) is 0.625. The van der Waals surface area contributed by atoms with Crippen molar-refractivity contribution in [2.45, 2.75) is 25.7 Å². The Morgan fingerprint density at radius 3 is 2.68 bits per heavy atom. The molecule has 3 heteroatoms. The largest absolute Gasteiger partial charge is 0.493 e. The Morgan fingerprint density at radius 1 is 1.26 bits per heavy atom. The van der Waals surface area contributed by atoms with E-state index in [1.54, 1.807) is 0 Å². The molecule has 104 valence electrons. The Hall–Kier alpha value is -1.06. The molecule has 2 heterocycles. The molecule has 2 aliphatic rings. The molecule has 0 radical (unpaired) electrons. The molecule has 0 unspecified atom stereocenters. The first kappa shape index (κ1) is 12.9. The van der Waals surface area contributed by atoms with Crippen LogP contribution in [0.15, 0.2) is 24.3 Å². The lowest BCUT2D eigenvalue weighted by atomic mass is 9.88. The number of benzene rings is 1. The molecule has 2 aliphatic heterocycles. The van der Waals surface area contributed by atoms with E-state index in [9.17, 15) is 0 Å². The quantitative estimate of drug-likeness (QED) is 0.903. The van der Waals surface area contributed by atoms with Gasteiger partial charge in [0.05, 0.1) is 19.8 Å². The number of ether oxygens (including phenoxy) is 2. The molecule has 0 saturated carbocycles. The van der Waals surface area contributed by atoms with Crippen molar-refractivity contribution in [1.29, 1.82) is 0 Å². The van der Waals surface area contributed by atoms with E-state index in [0.29, 0.717) is 5.92 Å². The number of nitrogens with one attached hydrogen (secondary N) is 1. The van der Waals surface area contributed by atoms with Gasteiger partial charge in [0, 0.05) is 5.41 Å². The molecule has 3 nitrogen and oxygen atoms in total. The summed E-state index contributed by atoms with van der Waals surface area (Å²) in [7, 11) is 0. The van der Waals surface area contributed by atoms with Crippen molar-refractivity contribution in [1.82, 2.24) is 5.32 Å². The fourth-order valence-electron chi connectivity index (χ4n) is 2.87. The van der Waals surface area contributed by atoms with Crippen molar-refractivity contribution in [3.63, 3.8) is 0 Å². The monoisotopic (exact) mass is 261 g/mol. The highest BCUT2D eigenvalue weighted by atomic mass is 16.5. The van der Waals surface area contributed by atoms with Crippen LogP contribution < -0.4 is 10.1 Å². The number of rotatable bonds is 4. The van der Waals surface area contributed by atoms with E-state index in [1.807, 2.05) is 0 Å². The van der Waals surface area contributed by atoms with Gasteiger partial charge in [-0.15, -0.1) is 0 Å². The normalized spacial score (nSPS) is 22.8. The van der Waals surface area contributed by atoms with Crippen LogP contribution in [0.2, 0.25) is 0 Å². The first-order valence-corrected chi connectivity index (χ1v) is 7.27. The van der Waals surface area contributed by atoms with E-state index in [1.165, 1.54) is 18.4 Å². The molecule has 3 rings (SSSR count). The van der Waals surface area contributed by atoms with Crippen molar-refractivity contribution in [2.75, 3.05) is 32.9 Å². The van der Waals surface area contributed by atoms with Crippen LogP contribution in [0.25, 0.3) is 0 Å². The van der Waals surface area contributed by atoms with Gasteiger partial charge in [0.25, 0.3) is 0 Å². The maximum absolute atomic E-state index is 6.10. The van der Waals surface area contributed by atoms with Crippen LogP contribution in [0.4, 0.5) is 0 Å². The van der Waals surface area contributed by atoms with Crippen LogP contribution in [0.3, 0.4) is 0 Å². The first-order chi connectivity index (χ1) is 9.27. The summed E-state index contributed by atoms with van der Waals surface area (Å²) >= 11 is 0. The summed E-state index contributed by atoms with van der Waals surface area (Å²) in [4.78, 5) is 0. The molecule has 1 aromatic rings. The van der Waals surface area contributed by atoms with Crippen molar-refractivity contribution >= 4 is 0 Å². The first-order valence-electron chi connectivity index (χ1n) is 7.27. The molecule has 2 fully saturated rings. The molecular weight excluding hydrogens is 238 g/mol. The number of para-hydroxylation sites is 1. The van der Waals surface area contributed by atoms with E-state index >= 15 is 0 Å². The molecule has 0 aliphatic carbocycles. The van der Waals surface area contributed by atoms with E-state index in [0.717, 1.165) is 38.7 Å². The van der Waals surface area contributed by atoms with Gasteiger partial charge in [-0.1, -0.05) is 25.1 Å². The SMILES string of the molecule is CC1(COc2ccccc2C2CCNCC2)COC1. The molecule has 1 aromatic carbocycles. The van der Waals surface area contributed by atoms with Gasteiger partial charge in [-0.3, -0.25) is 0 Å². The van der Waals surface area contributed by atoms with E-state index < -0.39 is 0 Å². The Bertz CT molecular complexity index is 423. The minimum Gasteiger partial charge on any atom is -0.493 e. The maximum atomic E-state index is 6.10. The third-order valence-electron chi connectivity index (χ3n) is 4.18. The van der Waals surface area contributed by atoms with Crippen LogP contribution >= 0.6 is 0 Å². The summed E-state index contributed by atoms with van der Waals surface area (Å²) in [5.41, 5.74) is 1.59. The van der Waals surface area contributed by atoms with Crippen LogP contribution in [0.1, 0.15) is 31.2 Å². The second-order valence-electron chi connectivity index (χ2n) is 6.15. The topological polar surface area (TPSA) is 30.5 Å². The van der Waals surface area contributed by atoms with Crippen molar-refractivity contribution < 1.29 is 9.47 Å². The Balaban J connectivity index is 1.69. The van der Waals surface area contributed by atoms with Gasteiger partial charge in [-0.25, -0.2) is 0 Å². The van der Waals surface area contributed by atoms with Crippen molar-refractivity contribution in [3.8, 4) is 5.75 Å². The van der Waals surface area contributed by atoms with Gasteiger partial charge in [0.2, 0.25) is 0 Å². The number of piperidine rings is 1.